The largest absolute Gasteiger partial charge is 0.378 e. The van der Waals surface area contributed by atoms with Gasteiger partial charge >= 0.3 is 0 Å². The lowest BCUT2D eigenvalue weighted by molar-refractivity contribution is -0.137. The molecule has 2 fully saturated rings. The Morgan fingerprint density at radius 2 is 2.09 bits per heavy atom. The third kappa shape index (κ3) is 3.65. The fraction of sp³-hybridized carbons (Fsp3) is 0.333. The molecule has 0 spiro atoms. The average Bonchev–Trinajstić information content (AvgIpc) is 3.31. The number of benzene rings is 1. The van der Waals surface area contributed by atoms with E-state index in [1.807, 2.05) is 6.07 Å². The Kier molecular flexibility index (Phi) is 5.23. The van der Waals surface area contributed by atoms with Gasteiger partial charge in [0, 0.05) is 45.8 Å². The number of amides is 2. The first-order valence-corrected chi connectivity index (χ1v) is 10.9. The molecule has 2 aromatic heterocycles. The van der Waals surface area contributed by atoms with Gasteiger partial charge in [0.15, 0.2) is 11.3 Å². The van der Waals surface area contributed by atoms with E-state index in [4.69, 9.17) is 10.5 Å². The van der Waals surface area contributed by atoms with E-state index in [2.05, 4.69) is 26.8 Å². The van der Waals surface area contributed by atoms with Gasteiger partial charge in [-0.25, -0.2) is 9.67 Å². The lowest BCUT2D eigenvalue weighted by Crippen LogP contribution is -2.51. The lowest BCUT2D eigenvalue weighted by atomic mass is 10.0. The van der Waals surface area contributed by atoms with Gasteiger partial charge in [-0.3, -0.25) is 9.59 Å². The van der Waals surface area contributed by atoms with Crippen LogP contribution in [-0.2, 0) is 9.53 Å². The molecular weight excluding hydrogens is 436 g/mol. The van der Waals surface area contributed by atoms with Gasteiger partial charge in [0.05, 0.1) is 29.1 Å². The SMILES string of the molecule is COC1CN(c2cnc3c(c2)c(C(N)=O)nn3-c2cccc(C#CC3(O)CCN(C)C3=O)c2)C1. The molecule has 2 aliphatic rings. The summed E-state index contributed by atoms with van der Waals surface area (Å²) in [4.78, 5) is 32.4. The molecule has 5 rings (SSSR count). The first-order chi connectivity index (χ1) is 16.3. The number of pyridine rings is 1. The zero-order valence-electron chi connectivity index (χ0n) is 18.9. The number of aliphatic hydroxyl groups is 1. The molecule has 34 heavy (non-hydrogen) atoms. The van der Waals surface area contributed by atoms with Gasteiger partial charge < -0.3 is 25.4 Å². The highest BCUT2D eigenvalue weighted by Gasteiger charge is 2.42. The molecule has 0 radical (unpaired) electrons. The maximum Gasteiger partial charge on any atom is 0.269 e. The maximum atomic E-state index is 12.2. The molecule has 1 aromatic carbocycles. The Labute approximate surface area is 195 Å². The maximum absolute atomic E-state index is 12.2. The van der Waals surface area contributed by atoms with Crippen LogP contribution in [0, 0.1) is 11.8 Å². The molecule has 3 N–H and O–H groups in total. The minimum absolute atomic E-state index is 0.124. The fourth-order valence-corrected chi connectivity index (χ4v) is 4.18. The van der Waals surface area contributed by atoms with Crippen LogP contribution in [0.2, 0.25) is 0 Å². The van der Waals surface area contributed by atoms with E-state index in [0.717, 1.165) is 18.8 Å². The third-order valence-corrected chi connectivity index (χ3v) is 6.30. The zero-order chi connectivity index (χ0) is 24.0. The number of ether oxygens (including phenoxy) is 1. The summed E-state index contributed by atoms with van der Waals surface area (Å²) in [6.45, 7) is 1.95. The minimum atomic E-state index is -1.68. The second-order valence-corrected chi connectivity index (χ2v) is 8.59. The van der Waals surface area contributed by atoms with Crippen molar-refractivity contribution in [3.63, 3.8) is 0 Å². The molecule has 174 valence electrons. The van der Waals surface area contributed by atoms with Crippen LogP contribution in [0.3, 0.4) is 0 Å². The number of likely N-dealkylation sites (tertiary alicyclic amines) is 1. The van der Waals surface area contributed by atoms with Gasteiger partial charge in [0.25, 0.3) is 11.8 Å². The number of hydrogen-bond donors (Lipinski definition) is 2. The van der Waals surface area contributed by atoms with Crippen LogP contribution in [0.1, 0.15) is 22.5 Å². The van der Waals surface area contributed by atoms with Crippen molar-refractivity contribution in [2.75, 3.05) is 38.7 Å². The summed E-state index contributed by atoms with van der Waals surface area (Å²) in [5.74, 6) is 4.56. The van der Waals surface area contributed by atoms with Crippen molar-refractivity contribution in [2.24, 2.45) is 5.73 Å². The number of rotatable bonds is 4. The molecular formula is C24H24N6O4. The van der Waals surface area contributed by atoms with Gasteiger partial charge in [-0.2, -0.15) is 5.10 Å². The van der Waals surface area contributed by atoms with Crippen LogP contribution in [0.4, 0.5) is 5.69 Å². The van der Waals surface area contributed by atoms with Crippen molar-refractivity contribution in [1.82, 2.24) is 19.7 Å². The number of carbonyl (C=O) groups excluding carboxylic acids is 2. The van der Waals surface area contributed by atoms with Crippen LogP contribution < -0.4 is 10.6 Å². The van der Waals surface area contributed by atoms with Gasteiger partial charge in [0.2, 0.25) is 5.60 Å². The first-order valence-electron chi connectivity index (χ1n) is 10.9. The Morgan fingerprint density at radius 3 is 2.76 bits per heavy atom. The lowest BCUT2D eigenvalue weighted by Gasteiger charge is -2.39. The van der Waals surface area contributed by atoms with Crippen molar-refractivity contribution in [3.05, 3.63) is 47.8 Å². The molecule has 2 amide bonds. The average molecular weight is 460 g/mol. The number of fused-ring (bicyclic) bond motifs is 1. The molecule has 4 heterocycles. The normalized spacial score (nSPS) is 20.4. The van der Waals surface area contributed by atoms with Crippen LogP contribution in [0.15, 0.2) is 36.5 Å². The van der Waals surface area contributed by atoms with E-state index in [0.29, 0.717) is 28.8 Å². The van der Waals surface area contributed by atoms with E-state index in [-0.39, 0.29) is 18.2 Å². The highest BCUT2D eigenvalue weighted by Crippen LogP contribution is 2.28. The summed E-state index contributed by atoms with van der Waals surface area (Å²) in [7, 11) is 3.32. The molecule has 0 aliphatic carbocycles. The van der Waals surface area contributed by atoms with Crippen molar-refractivity contribution < 1.29 is 19.4 Å². The number of aromatic nitrogens is 3. The van der Waals surface area contributed by atoms with Gasteiger partial charge in [-0.05, 0) is 24.3 Å². The van der Waals surface area contributed by atoms with Crippen LogP contribution >= 0.6 is 0 Å². The Balaban J connectivity index is 1.51. The third-order valence-electron chi connectivity index (χ3n) is 6.30. The van der Waals surface area contributed by atoms with Crippen molar-refractivity contribution in [3.8, 4) is 17.5 Å². The number of likely N-dealkylation sites (N-methyl/N-ethyl adjacent to an activating group) is 1. The molecule has 2 saturated heterocycles. The molecule has 0 bridgehead atoms. The fourth-order valence-electron chi connectivity index (χ4n) is 4.18. The van der Waals surface area contributed by atoms with Crippen molar-refractivity contribution in [1.29, 1.82) is 0 Å². The molecule has 10 nitrogen and oxygen atoms in total. The number of carbonyl (C=O) groups is 2. The molecule has 10 heteroatoms. The summed E-state index contributed by atoms with van der Waals surface area (Å²) in [5.41, 5.74) is 6.60. The Hall–Kier alpha value is -3.94. The van der Waals surface area contributed by atoms with E-state index in [1.165, 1.54) is 4.90 Å². The first kappa shape index (κ1) is 21.9. The highest BCUT2D eigenvalue weighted by atomic mass is 16.5. The molecule has 0 saturated carbocycles. The summed E-state index contributed by atoms with van der Waals surface area (Å²) >= 11 is 0. The molecule has 1 unspecified atom stereocenters. The van der Waals surface area contributed by atoms with Crippen LogP contribution in [-0.4, -0.2) is 82.1 Å². The predicted octanol–water partition coefficient (Wildman–Crippen LogP) is 0.299. The number of nitrogens with two attached hydrogens (primary N) is 1. The van der Waals surface area contributed by atoms with Crippen LogP contribution in [0.5, 0.6) is 0 Å². The van der Waals surface area contributed by atoms with Gasteiger partial charge in [0.1, 0.15) is 0 Å². The predicted molar refractivity (Wildman–Crippen MR) is 124 cm³/mol. The van der Waals surface area contributed by atoms with Crippen molar-refractivity contribution in [2.45, 2.75) is 18.1 Å². The second-order valence-electron chi connectivity index (χ2n) is 8.59. The summed E-state index contributed by atoms with van der Waals surface area (Å²) in [6, 6.07) is 8.97. The monoisotopic (exact) mass is 460 g/mol. The summed E-state index contributed by atoms with van der Waals surface area (Å²) < 4.78 is 6.87. The Bertz CT molecular complexity index is 1370. The van der Waals surface area contributed by atoms with Crippen molar-refractivity contribution >= 4 is 28.5 Å². The van der Waals surface area contributed by atoms with Gasteiger partial charge in [-0.1, -0.05) is 17.9 Å². The minimum Gasteiger partial charge on any atom is -0.378 e. The van der Waals surface area contributed by atoms with Crippen LogP contribution in [0.25, 0.3) is 16.7 Å². The zero-order valence-corrected chi connectivity index (χ0v) is 18.9. The Morgan fingerprint density at radius 1 is 1.29 bits per heavy atom. The standard InChI is InChI=1S/C24H24N6O4/c1-28-9-8-24(33,23(28)32)7-6-15-4-3-5-16(10-15)30-22-19(20(27-30)21(25)31)11-17(12-26-22)29-13-18(14-29)34-2/h3-5,10-12,18,33H,8-9,13-14H2,1-2H3,(H2,25,31). The number of methoxy groups -OCH3 is 1. The van der Waals surface area contributed by atoms with E-state index >= 15 is 0 Å². The number of anilines is 1. The second kappa shape index (κ2) is 8.13. The summed E-state index contributed by atoms with van der Waals surface area (Å²) in [6.07, 6.45) is 2.17. The molecule has 2 aliphatic heterocycles. The highest BCUT2D eigenvalue weighted by molar-refractivity contribution is 6.04. The van der Waals surface area contributed by atoms with Gasteiger partial charge in [-0.15, -0.1) is 0 Å². The quantitative estimate of drug-likeness (QED) is 0.536. The number of primary amides is 1. The topological polar surface area (TPSA) is 127 Å². The molecule has 3 aromatic rings. The number of hydrogen-bond acceptors (Lipinski definition) is 7. The molecule has 1 atom stereocenters. The number of nitrogens with zero attached hydrogens (tertiary/aromatic N) is 5. The van der Waals surface area contributed by atoms with E-state index < -0.39 is 17.4 Å². The smallest absolute Gasteiger partial charge is 0.269 e. The van der Waals surface area contributed by atoms with E-state index in [1.54, 1.807) is 49.3 Å². The van der Waals surface area contributed by atoms with E-state index in [9.17, 15) is 14.7 Å². The summed E-state index contributed by atoms with van der Waals surface area (Å²) in [5, 5.41) is 15.5.